The molecule has 0 unspecified atom stereocenters. The summed E-state index contributed by atoms with van der Waals surface area (Å²) in [5.41, 5.74) is 5.85. The number of ether oxygens (including phenoxy) is 1. The number of oxime groups is 1. The van der Waals surface area contributed by atoms with Crippen LogP contribution in [-0.2, 0) is 0 Å². The van der Waals surface area contributed by atoms with E-state index in [2.05, 4.69) is 5.16 Å². The van der Waals surface area contributed by atoms with Gasteiger partial charge in [-0.2, -0.15) is 0 Å². The Morgan fingerprint density at radius 3 is 2.80 bits per heavy atom. The van der Waals surface area contributed by atoms with Crippen molar-refractivity contribution >= 4 is 23.3 Å². The monoisotopic (exact) mass is 299 g/mol. The van der Waals surface area contributed by atoms with E-state index in [-0.39, 0.29) is 18.3 Å². The summed E-state index contributed by atoms with van der Waals surface area (Å²) < 4.78 is 5.16. The van der Waals surface area contributed by atoms with E-state index in [1.807, 2.05) is 6.92 Å². The van der Waals surface area contributed by atoms with Gasteiger partial charge in [-0.15, -0.1) is 0 Å². The molecule has 110 valence electrons. The molecule has 0 saturated heterocycles. The van der Waals surface area contributed by atoms with E-state index in [0.29, 0.717) is 22.9 Å². The van der Waals surface area contributed by atoms with Crippen molar-refractivity contribution in [1.82, 2.24) is 4.90 Å². The predicted molar refractivity (Wildman–Crippen MR) is 77.6 cm³/mol. The van der Waals surface area contributed by atoms with Gasteiger partial charge in [0, 0.05) is 11.6 Å². The molecule has 0 heterocycles. The first-order valence-corrected chi connectivity index (χ1v) is 6.50. The molecule has 0 aliphatic rings. The number of nitrogens with two attached hydrogens (primary N) is 1. The van der Waals surface area contributed by atoms with Crippen molar-refractivity contribution in [2.24, 2.45) is 10.9 Å². The molecule has 0 saturated carbocycles. The van der Waals surface area contributed by atoms with Crippen LogP contribution in [0.5, 0.6) is 5.75 Å². The van der Waals surface area contributed by atoms with Crippen LogP contribution in [-0.4, -0.2) is 42.0 Å². The van der Waals surface area contributed by atoms with E-state index in [4.69, 9.17) is 27.3 Å². The molecule has 0 bridgehead atoms. The zero-order valence-electron chi connectivity index (χ0n) is 11.5. The summed E-state index contributed by atoms with van der Waals surface area (Å²) in [5, 5.41) is 12.0. The number of methoxy groups -OCH3 is 1. The number of nitrogens with zero attached hydrogens (tertiary/aromatic N) is 2. The van der Waals surface area contributed by atoms with Crippen LogP contribution in [0.3, 0.4) is 0 Å². The summed E-state index contributed by atoms with van der Waals surface area (Å²) in [4.78, 5) is 14.0. The van der Waals surface area contributed by atoms with E-state index in [1.54, 1.807) is 18.2 Å². The minimum absolute atomic E-state index is 0.0280. The van der Waals surface area contributed by atoms with Crippen LogP contribution in [0.4, 0.5) is 0 Å². The lowest BCUT2D eigenvalue weighted by atomic mass is 10.1. The molecular weight excluding hydrogens is 282 g/mol. The summed E-state index contributed by atoms with van der Waals surface area (Å²) in [5.74, 6) is 0.106. The molecule has 1 aromatic rings. The summed E-state index contributed by atoms with van der Waals surface area (Å²) in [7, 11) is 1.47. The second-order valence-electron chi connectivity index (χ2n) is 4.16. The van der Waals surface area contributed by atoms with Crippen LogP contribution in [0.2, 0.25) is 5.02 Å². The summed E-state index contributed by atoms with van der Waals surface area (Å²) >= 11 is 5.87. The molecule has 1 amide bonds. The molecule has 0 atom stereocenters. The van der Waals surface area contributed by atoms with Gasteiger partial charge < -0.3 is 20.6 Å². The van der Waals surface area contributed by atoms with Gasteiger partial charge in [0.2, 0.25) is 0 Å². The van der Waals surface area contributed by atoms with Crippen LogP contribution in [0.25, 0.3) is 0 Å². The van der Waals surface area contributed by atoms with Crippen molar-refractivity contribution in [3.8, 4) is 5.75 Å². The van der Waals surface area contributed by atoms with Gasteiger partial charge in [-0.1, -0.05) is 23.7 Å². The minimum atomic E-state index is -0.257. The fourth-order valence-electron chi connectivity index (χ4n) is 1.76. The van der Waals surface area contributed by atoms with Gasteiger partial charge in [-0.25, -0.2) is 0 Å². The minimum Gasteiger partial charge on any atom is -0.496 e. The fourth-order valence-corrected chi connectivity index (χ4v) is 1.92. The number of carbonyl (C=O) groups excluding carboxylic acids is 1. The number of amides is 1. The SMILES string of the molecule is CCCN(CC(N)=NO)C(=O)c1ccc(Cl)cc1OC. The lowest BCUT2D eigenvalue weighted by Crippen LogP contribution is -2.39. The van der Waals surface area contributed by atoms with E-state index >= 15 is 0 Å². The highest BCUT2D eigenvalue weighted by atomic mass is 35.5. The first kappa shape index (κ1) is 16.1. The predicted octanol–water partition coefficient (Wildman–Crippen LogP) is 1.95. The molecule has 0 aliphatic heterocycles. The first-order chi connectivity index (χ1) is 9.53. The second-order valence-corrected chi connectivity index (χ2v) is 4.60. The summed E-state index contributed by atoms with van der Waals surface area (Å²) in [6, 6.07) is 4.78. The summed E-state index contributed by atoms with van der Waals surface area (Å²) in [6.45, 7) is 2.47. The highest BCUT2D eigenvalue weighted by Crippen LogP contribution is 2.24. The maximum absolute atomic E-state index is 12.5. The number of halogens is 1. The number of hydrogen-bond donors (Lipinski definition) is 2. The quantitative estimate of drug-likeness (QED) is 0.364. The Kier molecular flexibility index (Phi) is 6.11. The highest BCUT2D eigenvalue weighted by Gasteiger charge is 2.20. The Hall–Kier alpha value is -1.95. The maximum atomic E-state index is 12.5. The van der Waals surface area contributed by atoms with Crippen molar-refractivity contribution in [3.63, 3.8) is 0 Å². The lowest BCUT2D eigenvalue weighted by Gasteiger charge is -2.22. The molecule has 0 aromatic heterocycles. The van der Waals surface area contributed by atoms with Crippen molar-refractivity contribution in [2.75, 3.05) is 20.2 Å². The topological polar surface area (TPSA) is 88.1 Å². The average Bonchev–Trinajstić information content (AvgIpc) is 2.45. The Balaban J connectivity index is 3.05. The fraction of sp³-hybridized carbons (Fsp3) is 0.385. The largest absolute Gasteiger partial charge is 0.496 e. The van der Waals surface area contributed by atoms with E-state index in [9.17, 15) is 4.79 Å². The van der Waals surface area contributed by atoms with Crippen molar-refractivity contribution in [1.29, 1.82) is 0 Å². The van der Waals surface area contributed by atoms with Gasteiger partial charge in [0.1, 0.15) is 5.75 Å². The second kappa shape index (κ2) is 7.59. The highest BCUT2D eigenvalue weighted by molar-refractivity contribution is 6.30. The molecule has 6 nitrogen and oxygen atoms in total. The van der Waals surface area contributed by atoms with E-state index in [1.165, 1.54) is 12.0 Å². The molecule has 0 aliphatic carbocycles. The zero-order valence-corrected chi connectivity index (χ0v) is 12.2. The molecule has 0 radical (unpaired) electrons. The maximum Gasteiger partial charge on any atom is 0.258 e. The molecule has 20 heavy (non-hydrogen) atoms. The van der Waals surface area contributed by atoms with Gasteiger partial charge in [-0.05, 0) is 24.6 Å². The number of amidine groups is 1. The third kappa shape index (κ3) is 4.03. The van der Waals surface area contributed by atoms with Gasteiger partial charge >= 0.3 is 0 Å². The molecule has 0 spiro atoms. The van der Waals surface area contributed by atoms with Crippen LogP contribution in [0, 0.1) is 0 Å². The van der Waals surface area contributed by atoms with Crippen LogP contribution in [0.1, 0.15) is 23.7 Å². The van der Waals surface area contributed by atoms with Crippen molar-refractivity contribution in [2.45, 2.75) is 13.3 Å². The van der Waals surface area contributed by atoms with Crippen LogP contribution in [0.15, 0.2) is 23.4 Å². The zero-order chi connectivity index (χ0) is 15.1. The molecule has 3 N–H and O–H groups in total. The third-order valence-electron chi connectivity index (χ3n) is 2.66. The Morgan fingerprint density at radius 1 is 1.55 bits per heavy atom. The number of rotatable bonds is 6. The number of benzene rings is 1. The molecule has 7 heteroatoms. The van der Waals surface area contributed by atoms with Crippen LogP contribution < -0.4 is 10.5 Å². The third-order valence-corrected chi connectivity index (χ3v) is 2.89. The smallest absolute Gasteiger partial charge is 0.258 e. The first-order valence-electron chi connectivity index (χ1n) is 6.12. The van der Waals surface area contributed by atoms with E-state index < -0.39 is 0 Å². The molecule has 0 fully saturated rings. The van der Waals surface area contributed by atoms with Crippen molar-refractivity contribution in [3.05, 3.63) is 28.8 Å². The Bertz CT molecular complexity index is 506. The van der Waals surface area contributed by atoms with Gasteiger partial charge in [0.25, 0.3) is 5.91 Å². The van der Waals surface area contributed by atoms with Crippen LogP contribution >= 0.6 is 11.6 Å². The molecule has 1 aromatic carbocycles. The summed E-state index contributed by atoms with van der Waals surface area (Å²) in [6.07, 6.45) is 0.750. The number of carbonyl (C=O) groups is 1. The van der Waals surface area contributed by atoms with Gasteiger partial charge in [0.15, 0.2) is 5.84 Å². The Labute approximate surface area is 122 Å². The van der Waals surface area contributed by atoms with Gasteiger partial charge in [0.05, 0.1) is 19.2 Å². The number of hydrogen-bond acceptors (Lipinski definition) is 4. The average molecular weight is 300 g/mol. The molecular formula is C13H18ClN3O3. The van der Waals surface area contributed by atoms with Crippen molar-refractivity contribution < 1.29 is 14.7 Å². The standard InChI is InChI=1S/C13H18ClN3O3/c1-3-6-17(8-12(15)16-19)13(18)10-5-4-9(14)7-11(10)20-2/h4-5,7,19H,3,6,8H2,1-2H3,(H2,15,16). The van der Waals surface area contributed by atoms with Gasteiger partial charge in [-0.3, -0.25) is 4.79 Å². The molecule has 1 rings (SSSR count). The van der Waals surface area contributed by atoms with E-state index in [0.717, 1.165) is 6.42 Å². The lowest BCUT2D eigenvalue weighted by molar-refractivity contribution is 0.0775. The Morgan fingerprint density at radius 2 is 2.25 bits per heavy atom. The normalized spacial score (nSPS) is 11.2.